The van der Waals surface area contributed by atoms with Gasteiger partial charge in [-0.05, 0) is 23.3 Å². The van der Waals surface area contributed by atoms with Crippen molar-refractivity contribution in [3.8, 4) is 11.1 Å². The van der Waals surface area contributed by atoms with E-state index in [4.69, 9.17) is 0 Å². The number of nitrogens with zero attached hydrogens (tertiary/aromatic N) is 2. The third-order valence-electron chi connectivity index (χ3n) is 4.57. The van der Waals surface area contributed by atoms with E-state index in [2.05, 4.69) is 5.32 Å². The van der Waals surface area contributed by atoms with Crippen molar-refractivity contribution >= 4 is 23.5 Å². The number of aliphatic hydroxyl groups is 1. The zero-order valence-corrected chi connectivity index (χ0v) is 17.2. The molecule has 0 aromatic heterocycles. The number of hydrogen-bond acceptors (Lipinski definition) is 5. The van der Waals surface area contributed by atoms with E-state index in [1.54, 1.807) is 24.3 Å². The highest BCUT2D eigenvalue weighted by atomic mass is 16.3. The Hall–Kier alpha value is -3.52. The fraction of sp³-hybridized carbons (Fsp3) is 0.273. The number of likely N-dealkylation sites (N-methyl/N-ethyl adjacent to an activating group) is 2. The number of carbonyl (C=O) groups excluding carboxylic acids is 4. The second-order valence-electron chi connectivity index (χ2n) is 6.89. The first-order chi connectivity index (χ1) is 14.3. The lowest BCUT2D eigenvalue weighted by molar-refractivity contribution is -0.138. The maximum atomic E-state index is 12.8. The minimum atomic E-state index is -1.55. The van der Waals surface area contributed by atoms with E-state index >= 15 is 0 Å². The van der Waals surface area contributed by atoms with Gasteiger partial charge in [0.2, 0.25) is 5.91 Å². The molecule has 30 heavy (non-hydrogen) atoms. The molecule has 2 aromatic rings. The van der Waals surface area contributed by atoms with Crippen LogP contribution in [0.3, 0.4) is 0 Å². The highest BCUT2D eigenvalue weighted by Crippen LogP contribution is 2.20. The molecule has 2 N–H and O–H groups in total. The highest BCUT2D eigenvalue weighted by Gasteiger charge is 2.33. The molecule has 158 valence electrons. The van der Waals surface area contributed by atoms with E-state index in [0.717, 1.165) is 16.0 Å². The molecule has 0 spiro atoms. The van der Waals surface area contributed by atoms with Crippen molar-refractivity contribution in [2.24, 2.45) is 0 Å². The predicted octanol–water partition coefficient (Wildman–Crippen LogP) is 0.560. The Morgan fingerprint density at radius 3 is 2.00 bits per heavy atom. The van der Waals surface area contributed by atoms with Crippen molar-refractivity contribution in [3.63, 3.8) is 0 Å². The van der Waals surface area contributed by atoms with Gasteiger partial charge >= 0.3 is 0 Å². The standard InChI is InChI=1S/C22H25N3O5/c1-24(2)19(28)13-23-21(29)20(18(27)14-26)25(3)22(30)17-11-9-16(10-12-17)15-7-5-4-6-8-15/h4-12,20,26H,13-14H2,1-3H3,(H,23,29). The van der Waals surface area contributed by atoms with Crippen molar-refractivity contribution in [1.29, 1.82) is 0 Å². The molecule has 8 heteroatoms. The number of ketones is 1. The molecule has 0 saturated heterocycles. The van der Waals surface area contributed by atoms with E-state index in [1.165, 1.54) is 26.0 Å². The van der Waals surface area contributed by atoms with Crippen LogP contribution in [0.5, 0.6) is 0 Å². The molecule has 0 aliphatic heterocycles. The van der Waals surface area contributed by atoms with Crippen LogP contribution in [0.25, 0.3) is 11.1 Å². The summed E-state index contributed by atoms with van der Waals surface area (Å²) < 4.78 is 0. The number of Topliss-reactive ketones (excluding diaryl/α,β-unsaturated/α-hetero) is 1. The van der Waals surface area contributed by atoms with Crippen LogP contribution in [-0.2, 0) is 14.4 Å². The number of nitrogens with one attached hydrogen (secondary N) is 1. The van der Waals surface area contributed by atoms with Crippen LogP contribution in [0.4, 0.5) is 0 Å². The normalized spacial score (nSPS) is 11.3. The summed E-state index contributed by atoms with van der Waals surface area (Å²) in [5, 5.41) is 11.6. The van der Waals surface area contributed by atoms with Gasteiger partial charge < -0.3 is 20.2 Å². The molecule has 0 heterocycles. The largest absolute Gasteiger partial charge is 0.388 e. The van der Waals surface area contributed by atoms with Gasteiger partial charge in [-0.2, -0.15) is 0 Å². The summed E-state index contributed by atoms with van der Waals surface area (Å²) in [6.45, 7) is -1.24. The van der Waals surface area contributed by atoms with Crippen LogP contribution >= 0.6 is 0 Å². The summed E-state index contributed by atoms with van der Waals surface area (Å²) in [6.07, 6.45) is 0. The first kappa shape index (κ1) is 22.8. The third kappa shape index (κ3) is 5.51. The van der Waals surface area contributed by atoms with Crippen molar-refractivity contribution in [2.75, 3.05) is 34.3 Å². The molecule has 0 saturated carbocycles. The van der Waals surface area contributed by atoms with Crippen molar-refractivity contribution in [1.82, 2.24) is 15.1 Å². The van der Waals surface area contributed by atoms with Crippen LogP contribution in [0.2, 0.25) is 0 Å². The predicted molar refractivity (Wildman–Crippen MR) is 112 cm³/mol. The topological polar surface area (TPSA) is 107 Å². The van der Waals surface area contributed by atoms with Crippen LogP contribution in [0.15, 0.2) is 54.6 Å². The first-order valence-electron chi connectivity index (χ1n) is 9.30. The fourth-order valence-corrected chi connectivity index (χ4v) is 2.80. The molecule has 1 atom stereocenters. The lowest BCUT2D eigenvalue weighted by Gasteiger charge is -2.26. The summed E-state index contributed by atoms with van der Waals surface area (Å²) in [5.74, 6) is -2.61. The Kier molecular flexibility index (Phi) is 7.83. The second kappa shape index (κ2) is 10.3. The molecule has 3 amide bonds. The molecule has 1 unspecified atom stereocenters. The summed E-state index contributed by atoms with van der Waals surface area (Å²) in [4.78, 5) is 51.4. The number of aliphatic hydroxyl groups excluding tert-OH is 1. The monoisotopic (exact) mass is 411 g/mol. The Bertz CT molecular complexity index is 910. The lowest BCUT2D eigenvalue weighted by Crippen LogP contribution is -2.54. The van der Waals surface area contributed by atoms with Gasteiger partial charge in [-0.15, -0.1) is 0 Å². The van der Waals surface area contributed by atoms with Gasteiger partial charge in [-0.25, -0.2) is 0 Å². The molecule has 0 radical (unpaired) electrons. The van der Waals surface area contributed by atoms with E-state index in [1.807, 2.05) is 30.3 Å². The fourth-order valence-electron chi connectivity index (χ4n) is 2.80. The quantitative estimate of drug-likeness (QED) is 0.618. The van der Waals surface area contributed by atoms with Crippen LogP contribution in [0, 0.1) is 0 Å². The summed E-state index contributed by atoms with van der Waals surface area (Å²) in [5.41, 5.74) is 2.19. The van der Waals surface area contributed by atoms with Gasteiger partial charge in [0.25, 0.3) is 11.8 Å². The van der Waals surface area contributed by atoms with Crippen molar-refractivity contribution in [3.05, 3.63) is 60.2 Å². The van der Waals surface area contributed by atoms with Gasteiger partial charge in [0.05, 0.1) is 6.54 Å². The molecule has 0 aliphatic carbocycles. The molecule has 0 fully saturated rings. The molecule has 0 aliphatic rings. The van der Waals surface area contributed by atoms with Crippen molar-refractivity contribution < 1.29 is 24.3 Å². The van der Waals surface area contributed by atoms with Crippen LogP contribution in [-0.4, -0.2) is 78.7 Å². The maximum absolute atomic E-state index is 12.8. The Labute approximate surface area is 175 Å². The Morgan fingerprint density at radius 2 is 1.47 bits per heavy atom. The highest BCUT2D eigenvalue weighted by molar-refractivity contribution is 6.10. The van der Waals surface area contributed by atoms with Gasteiger partial charge in [0.15, 0.2) is 11.8 Å². The maximum Gasteiger partial charge on any atom is 0.254 e. The summed E-state index contributed by atoms with van der Waals surface area (Å²) in [6, 6.07) is 14.8. The lowest BCUT2D eigenvalue weighted by atomic mass is 10.0. The van der Waals surface area contributed by atoms with E-state index in [0.29, 0.717) is 0 Å². The van der Waals surface area contributed by atoms with E-state index < -0.39 is 30.2 Å². The van der Waals surface area contributed by atoms with Gasteiger partial charge in [0.1, 0.15) is 6.61 Å². The molecule has 8 nitrogen and oxygen atoms in total. The molecule has 2 aromatic carbocycles. The minimum absolute atomic E-state index is 0.282. The molecular weight excluding hydrogens is 386 g/mol. The molecule has 0 bridgehead atoms. The van der Waals surface area contributed by atoms with Crippen molar-refractivity contribution in [2.45, 2.75) is 6.04 Å². The smallest absolute Gasteiger partial charge is 0.254 e. The second-order valence-corrected chi connectivity index (χ2v) is 6.89. The average Bonchev–Trinajstić information content (AvgIpc) is 2.77. The third-order valence-corrected chi connectivity index (χ3v) is 4.57. The first-order valence-corrected chi connectivity index (χ1v) is 9.30. The van der Waals surface area contributed by atoms with Crippen LogP contribution in [0.1, 0.15) is 10.4 Å². The average molecular weight is 411 g/mol. The number of carbonyl (C=O) groups is 4. The number of benzene rings is 2. The minimum Gasteiger partial charge on any atom is -0.388 e. The molecular formula is C22H25N3O5. The van der Waals surface area contributed by atoms with E-state index in [9.17, 15) is 24.3 Å². The number of rotatable bonds is 8. The molecule has 2 rings (SSSR count). The summed E-state index contributed by atoms with van der Waals surface area (Å²) in [7, 11) is 4.36. The van der Waals surface area contributed by atoms with Crippen LogP contribution < -0.4 is 5.32 Å². The summed E-state index contributed by atoms with van der Waals surface area (Å²) >= 11 is 0. The van der Waals surface area contributed by atoms with E-state index in [-0.39, 0.29) is 18.0 Å². The van der Waals surface area contributed by atoms with Gasteiger partial charge in [-0.3, -0.25) is 19.2 Å². The number of hydrogen-bond donors (Lipinski definition) is 2. The zero-order valence-electron chi connectivity index (χ0n) is 17.2. The SMILES string of the molecule is CN(C)C(=O)CNC(=O)C(C(=O)CO)N(C)C(=O)c1ccc(-c2ccccc2)cc1. The number of amides is 3. The zero-order chi connectivity index (χ0) is 22.3. The van der Waals surface area contributed by atoms with Gasteiger partial charge in [-0.1, -0.05) is 42.5 Å². The Balaban J connectivity index is 2.17. The Morgan fingerprint density at radius 1 is 0.900 bits per heavy atom. The van der Waals surface area contributed by atoms with Gasteiger partial charge in [0, 0.05) is 26.7 Å².